The predicted octanol–water partition coefficient (Wildman–Crippen LogP) is 12.6. The smallest absolute Gasteiger partial charge is 0.111 e. The zero-order valence-electron chi connectivity index (χ0n) is 31.7. The van der Waals surface area contributed by atoms with Crippen molar-refractivity contribution in [1.29, 1.82) is 0 Å². The number of nitrogens with zero attached hydrogens (tertiary/aromatic N) is 4. The molecule has 7 aromatic rings. The van der Waals surface area contributed by atoms with Gasteiger partial charge in [-0.2, -0.15) is 0 Å². The molecule has 0 saturated carbocycles. The van der Waals surface area contributed by atoms with Crippen LogP contribution in [0.4, 0.5) is 5.69 Å². The summed E-state index contributed by atoms with van der Waals surface area (Å²) >= 11 is 0. The second-order valence-corrected chi connectivity index (χ2v) is 14.9. The van der Waals surface area contributed by atoms with E-state index in [0.717, 1.165) is 29.0 Å². The van der Waals surface area contributed by atoms with Crippen LogP contribution in [0.25, 0.3) is 44.2 Å². The zero-order chi connectivity index (χ0) is 38.1. The van der Waals surface area contributed by atoms with Crippen molar-refractivity contribution in [3.05, 3.63) is 223 Å². The van der Waals surface area contributed by atoms with Crippen LogP contribution in [0, 0.1) is 0 Å². The van der Waals surface area contributed by atoms with Crippen molar-refractivity contribution in [3.8, 4) is 11.1 Å². The van der Waals surface area contributed by atoms with E-state index in [1.807, 2.05) is 24.3 Å². The summed E-state index contributed by atoms with van der Waals surface area (Å²) in [6.07, 6.45) is 19.1. The van der Waals surface area contributed by atoms with Crippen LogP contribution in [-0.2, 0) is 0 Å². The molecule has 0 fully saturated rings. The van der Waals surface area contributed by atoms with Gasteiger partial charge >= 0.3 is 0 Å². The Morgan fingerprint density at radius 1 is 0.684 bits per heavy atom. The molecular weight excluding hydrogens is 693 g/mol. The van der Waals surface area contributed by atoms with Gasteiger partial charge in [-0.3, -0.25) is 9.98 Å². The number of hydrogen-bond acceptors (Lipinski definition) is 3. The van der Waals surface area contributed by atoms with Crippen LogP contribution in [0.5, 0.6) is 0 Å². The van der Waals surface area contributed by atoms with Gasteiger partial charge in [-0.25, -0.2) is 0 Å². The maximum Gasteiger partial charge on any atom is 0.111 e. The molecular formula is C53H42N4. The Morgan fingerprint density at radius 2 is 1.40 bits per heavy atom. The van der Waals surface area contributed by atoms with Crippen LogP contribution < -0.4 is 4.90 Å². The highest BCUT2D eigenvalue weighted by Gasteiger charge is 2.37. The fourth-order valence-corrected chi connectivity index (χ4v) is 8.98. The van der Waals surface area contributed by atoms with Gasteiger partial charge in [0.25, 0.3) is 0 Å². The highest BCUT2D eigenvalue weighted by atomic mass is 15.2. The average Bonchev–Trinajstić information content (AvgIpc) is 3.80. The first-order chi connectivity index (χ1) is 28.2. The Morgan fingerprint density at radius 3 is 2.19 bits per heavy atom. The zero-order valence-corrected chi connectivity index (χ0v) is 31.7. The predicted molar refractivity (Wildman–Crippen MR) is 241 cm³/mol. The van der Waals surface area contributed by atoms with Crippen molar-refractivity contribution in [2.75, 3.05) is 11.6 Å². The summed E-state index contributed by atoms with van der Waals surface area (Å²) in [5.74, 6) is 0.213. The highest BCUT2D eigenvalue weighted by Crippen LogP contribution is 2.46. The number of rotatable bonds is 9. The van der Waals surface area contributed by atoms with E-state index in [0.29, 0.717) is 12.7 Å². The lowest BCUT2D eigenvalue weighted by Gasteiger charge is -2.28. The first-order valence-electron chi connectivity index (χ1n) is 19.8. The minimum absolute atomic E-state index is 0.158. The van der Waals surface area contributed by atoms with Gasteiger partial charge in [0.2, 0.25) is 0 Å². The Labute approximate surface area is 334 Å². The topological polar surface area (TPSA) is 32.9 Å². The number of para-hydroxylation sites is 2. The average molecular weight is 735 g/mol. The van der Waals surface area contributed by atoms with Crippen LogP contribution >= 0.6 is 0 Å². The maximum atomic E-state index is 5.28. The monoisotopic (exact) mass is 734 g/mol. The van der Waals surface area contributed by atoms with Gasteiger partial charge in [-0.1, -0.05) is 176 Å². The van der Waals surface area contributed by atoms with Crippen molar-refractivity contribution in [2.45, 2.75) is 24.4 Å². The number of hydrogen-bond donors (Lipinski definition) is 0. The molecule has 57 heavy (non-hydrogen) atoms. The Hall–Kier alpha value is -7.04. The van der Waals surface area contributed by atoms with Gasteiger partial charge in [0.1, 0.15) is 6.67 Å². The summed E-state index contributed by atoms with van der Waals surface area (Å²) in [5.41, 5.74) is 13.8. The molecule has 4 heteroatoms. The lowest BCUT2D eigenvalue weighted by molar-refractivity contribution is 0.648. The van der Waals surface area contributed by atoms with Crippen molar-refractivity contribution >= 4 is 51.2 Å². The van der Waals surface area contributed by atoms with E-state index in [2.05, 4.69) is 197 Å². The fourth-order valence-electron chi connectivity index (χ4n) is 8.98. The fraction of sp³-hybridized carbons (Fsp3) is 0.0943. The summed E-state index contributed by atoms with van der Waals surface area (Å²) in [7, 11) is 0. The normalized spacial score (nSPS) is 18.8. The molecule has 0 spiro atoms. The number of anilines is 1. The molecule has 0 amide bonds. The minimum atomic E-state index is 0.158. The molecule has 2 aliphatic carbocycles. The molecule has 0 radical (unpaired) electrons. The second-order valence-electron chi connectivity index (χ2n) is 14.9. The molecule has 4 nitrogen and oxygen atoms in total. The number of aliphatic imine (C=N–C) groups is 2. The molecule has 10 rings (SSSR count). The molecule has 6 aromatic carbocycles. The van der Waals surface area contributed by atoms with Crippen LogP contribution in [-0.4, -0.2) is 29.7 Å². The molecule has 3 atom stereocenters. The van der Waals surface area contributed by atoms with Gasteiger partial charge in [0, 0.05) is 33.5 Å². The van der Waals surface area contributed by atoms with E-state index in [9.17, 15) is 0 Å². The van der Waals surface area contributed by atoms with Crippen molar-refractivity contribution < 1.29 is 0 Å². The van der Waals surface area contributed by atoms with Crippen LogP contribution in [0.1, 0.15) is 40.6 Å². The SMILES string of the molecule is C=N/C(=C\C(=N/CN1c2ccccc2C2C=C(c3ccc(-c4cccc5c4c4ccccc4n5C4C=CC=CC4)cc3)C=CC21)c1ccccc1)c1ccccc1. The van der Waals surface area contributed by atoms with Crippen LogP contribution in [0.2, 0.25) is 0 Å². The van der Waals surface area contributed by atoms with Gasteiger partial charge in [-0.15, -0.1) is 0 Å². The summed E-state index contributed by atoms with van der Waals surface area (Å²) < 4.78 is 2.52. The lowest BCUT2D eigenvalue weighted by atomic mass is 9.86. The third-order valence-corrected chi connectivity index (χ3v) is 11.7. The Balaban J connectivity index is 0.963. The number of fused-ring (bicyclic) bond motifs is 6. The molecule has 0 saturated heterocycles. The number of allylic oxidation sites excluding steroid dienone is 7. The van der Waals surface area contributed by atoms with E-state index in [-0.39, 0.29) is 12.0 Å². The second kappa shape index (κ2) is 14.9. The third kappa shape index (κ3) is 6.30. The van der Waals surface area contributed by atoms with E-state index in [1.54, 1.807) is 0 Å². The standard InChI is InChI=1S/C53H42N4/c1-54-47(39-16-5-2-6-17-39)35-48(40-18-7-3-8-19-40)55-36-56-49-25-13-11-22-44(49)46-34-41(32-33-50(46)56)37-28-30-38(31-29-37)43-24-15-27-52-53(43)45-23-12-14-26-51(45)57(52)42-20-9-4-10-21-42/h2-20,22-35,42,46,50H,1,21,36H2/b47-35-,55-48+. The number of aromatic nitrogens is 1. The van der Waals surface area contributed by atoms with Crippen molar-refractivity contribution in [1.82, 2.24) is 4.57 Å². The van der Waals surface area contributed by atoms with Gasteiger partial charge in [0.05, 0.1) is 29.0 Å². The maximum absolute atomic E-state index is 5.28. The van der Waals surface area contributed by atoms with Crippen LogP contribution in [0.3, 0.4) is 0 Å². The lowest BCUT2D eigenvalue weighted by Crippen LogP contribution is -2.33. The molecule has 0 N–H and O–H groups in total. The molecule has 0 bridgehead atoms. The van der Waals surface area contributed by atoms with E-state index in [4.69, 9.17) is 4.99 Å². The quantitative estimate of drug-likeness (QED) is 0.136. The molecule has 3 aliphatic rings. The summed E-state index contributed by atoms with van der Waals surface area (Å²) in [6.45, 7) is 4.40. The van der Waals surface area contributed by atoms with Gasteiger partial charge in [-0.05, 0) is 70.8 Å². The van der Waals surface area contributed by atoms with Crippen molar-refractivity contribution in [3.63, 3.8) is 0 Å². The summed E-state index contributed by atoms with van der Waals surface area (Å²) in [6, 6.07) is 54.6. The highest BCUT2D eigenvalue weighted by molar-refractivity contribution is 6.15. The van der Waals surface area contributed by atoms with E-state index < -0.39 is 0 Å². The first-order valence-corrected chi connectivity index (χ1v) is 19.8. The largest absolute Gasteiger partial charge is 0.344 e. The Kier molecular flexibility index (Phi) is 9.00. The van der Waals surface area contributed by atoms with Crippen molar-refractivity contribution in [2.24, 2.45) is 9.98 Å². The van der Waals surface area contributed by atoms with E-state index in [1.165, 1.54) is 55.3 Å². The minimum Gasteiger partial charge on any atom is -0.344 e. The molecule has 1 aromatic heterocycles. The Bertz CT molecular complexity index is 2810. The third-order valence-electron chi connectivity index (χ3n) is 11.7. The summed E-state index contributed by atoms with van der Waals surface area (Å²) in [4.78, 5) is 12.1. The molecule has 1 aliphatic heterocycles. The molecule has 274 valence electrons. The van der Waals surface area contributed by atoms with Gasteiger partial charge in [0.15, 0.2) is 0 Å². The van der Waals surface area contributed by atoms with Gasteiger partial charge < -0.3 is 9.47 Å². The van der Waals surface area contributed by atoms with Crippen LogP contribution in [0.15, 0.2) is 210 Å². The molecule has 3 unspecified atom stereocenters. The first kappa shape index (κ1) is 34.5. The molecule has 2 heterocycles. The van der Waals surface area contributed by atoms with E-state index >= 15 is 0 Å². The number of benzene rings is 6. The summed E-state index contributed by atoms with van der Waals surface area (Å²) in [5, 5.41) is 2.62.